The van der Waals surface area contributed by atoms with Gasteiger partial charge in [-0.1, -0.05) is 30.3 Å². The molecule has 0 fully saturated rings. The van der Waals surface area contributed by atoms with Gasteiger partial charge in [-0.3, -0.25) is 10.1 Å². The van der Waals surface area contributed by atoms with E-state index in [0.717, 1.165) is 5.39 Å². The van der Waals surface area contributed by atoms with E-state index in [-0.39, 0.29) is 12.3 Å². The van der Waals surface area contributed by atoms with Gasteiger partial charge in [-0.05, 0) is 12.1 Å². The Hall–Kier alpha value is -2.66. The van der Waals surface area contributed by atoms with E-state index >= 15 is 0 Å². The minimum Gasteiger partial charge on any atom is -0.455 e. The largest absolute Gasteiger partial charge is 0.455 e. The number of rotatable bonds is 3. The molecule has 0 saturated carbocycles. The van der Waals surface area contributed by atoms with Crippen LogP contribution in [-0.2, 0) is 6.61 Å². The molecule has 0 aliphatic heterocycles. The van der Waals surface area contributed by atoms with Crippen molar-refractivity contribution in [3.8, 4) is 11.3 Å². The third-order valence-electron chi connectivity index (χ3n) is 3.20. The Labute approximate surface area is 114 Å². The van der Waals surface area contributed by atoms with Gasteiger partial charge >= 0.3 is 0 Å². The molecule has 0 amide bonds. The fraction of sp³-hybridized carbons (Fsp3) is 0.0667. The summed E-state index contributed by atoms with van der Waals surface area (Å²) in [4.78, 5) is 10.7. The van der Waals surface area contributed by atoms with Crippen LogP contribution in [0.15, 0.2) is 52.9 Å². The van der Waals surface area contributed by atoms with Crippen molar-refractivity contribution in [1.29, 1.82) is 0 Å². The minimum atomic E-state index is -0.455. The van der Waals surface area contributed by atoms with Crippen molar-refractivity contribution in [1.82, 2.24) is 0 Å². The van der Waals surface area contributed by atoms with Gasteiger partial charge in [0, 0.05) is 17.0 Å². The first kappa shape index (κ1) is 12.4. The highest BCUT2D eigenvalue weighted by Gasteiger charge is 2.22. The standard InChI is InChI=1S/C15H11NO4/c17-9-12-10-5-2-4-8-14(10)20-15(12)11-6-1-3-7-13(11)16(18)19/h1-8,17H,9H2. The molecule has 0 bridgehead atoms. The first-order valence-corrected chi connectivity index (χ1v) is 6.07. The summed E-state index contributed by atoms with van der Waals surface area (Å²) in [5.41, 5.74) is 1.50. The van der Waals surface area contributed by atoms with Gasteiger partial charge < -0.3 is 9.52 Å². The quantitative estimate of drug-likeness (QED) is 0.583. The summed E-state index contributed by atoms with van der Waals surface area (Å²) in [6.07, 6.45) is 0. The maximum atomic E-state index is 11.1. The molecule has 0 unspecified atom stereocenters. The summed E-state index contributed by atoms with van der Waals surface area (Å²) in [5.74, 6) is 0.348. The van der Waals surface area contributed by atoms with E-state index in [4.69, 9.17) is 4.42 Å². The van der Waals surface area contributed by atoms with E-state index in [1.165, 1.54) is 6.07 Å². The lowest BCUT2D eigenvalue weighted by Gasteiger charge is -2.01. The number of aliphatic hydroxyl groups excluding tert-OH is 1. The molecule has 0 aliphatic rings. The Balaban J connectivity index is 2.32. The fourth-order valence-electron chi connectivity index (χ4n) is 2.30. The van der Waals surface area contributed by atoms with Crippen LogP contribution in [-0.4, -0.2) is 10.0 Å². The lowest BCUT2D eigenvalue weighted by atomic mass is 10.0. The zero-order valence-corrected chi connectivity index (χ0v) is 10.4. The van der Waals surface area contributed by atoms with Crippen LogP contribution < -0.4 is 0 Å². The number of para-hydroxylation sites is 2. The minimum absolute atomic E-state index is 0.0405. The fourth-order valence-corrected chi connectivity index (χ4v) is 2.30. The van der Waals surface area contributed by atoms with E-state index in [1.807, 2.05) is 18.2 Å². The third kappa shape index (κ3) is 1.85. The predicted molar refractivity (Wildman–Crippen MR) is 74.2 cm³/mol. The molecular formula is C15H11NO4. The summed E-state index contributed by atoms with van der Waals surface area (Å²) < 4.78 is 5.70. The maximum absolute atomic E-state index is 11.1. The Kier molecular flexibility index (Phi) is 2.96. The number of nitro groups is 1. The molecule has 3 rings (SSSR count). The molecule has 0 spiro atoms. The summed E-state index contributed by atoms with van der Waals surface area (Å²) >= 11 is 0. The van der Waals surface area contributed by atoms with Crippen LogP contribution in [0.3, 0.4) is 0 Å². The van der Waals surface area contributed by atoms with Crippen LogP contribution in [0.4, 0.5) is 5.69 Å². The van der Waals surface area contributed by atoms with Gasteiger partial charge in [-0.2, -0.15) is 0 Å². The summed E-state index contributed by atoms with van der Waals surface area (Å²) in [7, 11) is 0. The van der Waals surface area contributed by atoms with Crippen LogP contribution in [0.2, 0.25) is 0 Å². The van der Waals surface area contributed by atoms with Crippen molar-refractivity contribution in [2.24, 2.45) is 0 Å². The Morgan fingerprint density at radius 3 is 2.55 bits per heavy atom. The van der Waals surface area contributed by atoms with E-state index in [9.17, 15) is 15.2 Å². The lowest BCUT2D eigenvalue weighted by Crippen LogP contribution is -1.93. The maximum Gasteiger partial charge on any atom is 0.280 e. The van der Waals surface area contributed by atoms with Crippen LogP contribution in [0.1, 0.15) is 5.56 Å². The summed E-state index contributed by atoms with van der Waals surface area (Å²) in [6, 6.07) is 13.6. The monoisotopic (exact) mass is 269 g/mol. The molecule has 5 nitrogen and oxygen atoms in total. The van der Waals surface area contributed by atoms with Crippen molar-refractivity contribution in [2.45, 2.75) is 6.61 Å². The molecule has 0 radical (unpaired) electrons. The second kappa shape index (κ2) is 4.79. The number of hydrogen-bond donors (Lipinski definition) is 1. The van der Waals surface area contributed by atoms with Gasteiger partial charge in [0.2, 0.25) is 0 Å². The lowest BCUT2D eigenvalue weighted by molar-refractivity contribution is -0.384. The Bertz CT molecular complexity index is 791. The number of aliphatic hydroxyl groups is 1. The Morgan fingerprint density at radius 2 is 1.80 bits per heavy atom. The first-order chi connectivity index (χ1) is 9.72. The highest BCUT2D eigenvalue weighted by atomic mass is 16.6. The highest BCUT2D eigenvalue weighted by molar-refractivity contribution is 5.89. The normalized spacial score (nSPS) is 10.8. The van der Waals surface area contributed by atoms with Gasteiger partial charge in [-0.25, -0.2) is 0 Å². The molecule has 0 atom stereocenters. The molecule has 20 heavy (non-hydrogen) atoms. The van der Waals surface area contributed by atoms with Crippen molar-refractivity contribution >= 4 is 16.7 Å². The number of nitrogens with zero attached hydrogens (tertiary/aromatic N) is 1. The smallest absolute Gasteiger partial charge is 0.280 e. The average Bonchev–Trinajstić information content (AvgIpc) is 2.85. The molecule has 2 aromatic carbocycles. The van der Waals surface area contributed by atoms with Crippen molar-refractivity contribution in [3.63, 3.8) is 0 Å². The summed E-state index contributed by atoms with van der Waals surface area (Å²) in [6.45, 7) is -0.238. The zero-order chi connectivity index (χ0) is 14.1. The molecular weight excluding hydrogens is 258 g/mol. The molecule has 100 valence electrons. The van der Waals surface area contributed by atoms with Gasteiger partial charge in [0.05, 0.1) is 17.1 Å². The molecule has 0 aliphatic carbocycles. The Morgan fingerprint density at radius 1 is 1.10 bits per heavy atom. The second-order valence-electron chi connectivity index (χ2n) is 4.34. The molecule has 5 heteroatoms. The molecule has 3 aromatic rings. The molecule has 1 aromatic heterocycles. The van der Waals surface area contributed by atoms with Crippen LogP contribution in [0.25, 0.3) is 22.3 Å². The number of fused-ring (bicyclic) bond motifs is 1. The van der Waals surface area contributed by atoms with Gasteiger partial charge in [-0.15, -0.1) is 0 Å². The highest BCUT2D eigenvalue weighted by Crippen LogP contribution is 2.37. The number of benzene rings is 2. The topological polar surface area (TPSA) is 76.5 Å². The molecule has 1 N–H and O–H groups in total. The van der Waals surface area contributed by atoms with Crippen LogP contribution in [0, 0.1) is 10.1 Å². The van der Waals surface area contributed by atoms with Crippen LogP contribution >= 0.6 is 0 Å². The van der Waals surface area contributed by atoms with Gasteiger partial charge in [0.1, 0.15) is 11.3 Å². The van der Waals surface area contributed by atoms with Crippen molar-refractivity contribution < 1.29 is 14.4 Å². The van der Waals surface area contributed by atoms with E-state index in [2.05, 4.69) is 0 Å². The van der Waals surface area contributed by atoms with E-state index < -0.39 is 4.92 Å². The van der Waals surface area contributed by atoms with Gasteiger partial charge in [0.15, 0.2) is 0 Å². The predicted octanol–water partition coefficient (Wildman–Crippen LogP) is 3.50. The SMILES string of the molecule is O=[N+]([O-])c1ccccc1-c1oc2ccccc2c1CO. The number of nitro benzene ring substituents is 1. The van der Waals surface area contributed by atoms with E-state index in [1.54, 1.807) is 24.3 Å². The molecule has 1 heterocycles. The zero-order valence-electron chi connectivity index (χ0n) is 10.4. The second-order valence-corrected chi connectivity index (χ2v) is 4.34. The number of furan rings is 1. The van der Waals surface area contributed by atoms with Crippen molar-refractivity contribution in [2.75, 3.05) is 0 Å². The number of hydrogen-bond acceptors (Lipinski definition) is 4. The first-order valence-electron chi connectivity index (χ1n) is 6.07. The average molecular weight is 269 g/mol. The third-order valence-corrected chi connectivity index (χ3v) is 3.20. The van der Waals surface area contributed by atoms with Crippen LogP contribution in [0.5, 0.6) is 0 Å². The molecule has 0 saturated heterocycles. The van der Waals surface area contributed by atoms with E-state index in [0.29, 0.717) is 22.5 Å². The van der Waals surface area contributed by atoms with Gasteiger partial charge in [0.25, 0.3) is 5.69 Å². The summed E-state index contributed by atoms with van der Waals surface area (Å²) in [5, 5.41) is 21.4. The van der Waals surface area contributed by atoms with Crippen molar-refractivity contribution in [3.05, 3.63) is 64.2 Å².